The number of ketones is 1. The maximum absolute atomic E-state index is 12.5. The number of rotatable bonds is 13. The average molecular weight is 509 g/mol. The highest BCUT2D eigenvalue weighted by molar-refractivity contribution is 5.94. The smallest absolute Gasteiger partial charge is 0.251 e. The number of nitrogens with one attached hydrogen (secondary N) is 2. The molecule has 0 bridgehead atoms. The first-order valence-electron chi connectivity index (χ1n) is 12.3. The van der Waals surface area contributed by atoms with E-state index in [-0.39, 0.29) is 30.1 Å². The van der Waals surface area contributed by atoms with E-state index in [1.807, 2.05) is 6.92 Å². The van der Waals surface area contributed by atoms with Crippen LogP contribution in [0.5, 0.6) is 5.75 Å². The van der Waals surface area contributed by atoms with Crippen molar-refractivity contribution in [3.63, 3.8) is 0 Å². The van der Waals surface area contributed by atoms with Gasteiger partial charge in [-0.15, -0.1) is 0 Å². The molecule has 1 aliphatic rings. The molecule has 10 nitrogen and oxygen atoms in total. The maximum atomic E-state index is 12.5. The van der Waals surface area contributed by atoms with Crippen LogP contribution in [0.2, 0.25) is 0 Å². The predicted octanol–water partition coefficient (Wildman–Crippen LogP) is 1.42. The number of hydrogen-bond acceptors (Lipinski definition) is 8. The van der Waals surface area contributed by atoms with E-state index >= 15 is 0 Å². The molecule has 0 saturated carbocycles. The molecule has 1 fully saturated rings. The van der Waals surface area contributed by atoms with Crippen molar-refractivity contribution in [2.75, 3.05) is 20.3 Å². The van der Waals surface area contributed by atoms with Crippen molar-refractivity contribution in [1.82, 2.24) is 10.6 Å². The Hall–Kier alpha value is -2.53. The molecule has 0 radical (unpaired) electrons. The van der Waals surface area contributed by atoms with Crippen LogP contribution in [0, 0.1) is 11.8 Å². The van der Waals surface area contributed by atoms with E-state index in [9.17, 15) is 24.6 Å². The zero-order valence-electron chi connectivity index (χ0n) is 21.7. The Kier molecular flexibility index (Phi) is 11.8. The first-order chi connectivity index (χ1) is 17.0. The first-order valence-corrected chi connectivity index (χ1v) is 12.3. The lowest BCUT2D eigenvalue weighted by molar-refractivity contribution is -0.263. The monoisotopic (exact) mass is 508 g/mol. The van der Waals surface area contributed by atoms with Crippen LogP contribution in [0.15, 0.2) is 24.3 Å². The van der Waals surface area contributed by atoms with Gasteiger partial charge in [-0.05, 0) is 55.9 Å². The van der Waals surface area contributed by atoms with Crippen LogP contribution < -0.4 is 15.4 Å². The molecular formula is C26H40N2O8. The Bertz CT molecular complexity index is 862. The molecule has 0 spiro atoms. The van der Waals surface area contributed by atoms with Gasteiger partial charge in [0.1, 0.15) is 35.9 Å². The topological polar surface area (TPSA) is 143 Å². The minimum Gasteiger partial charge on any atom is -0.497 e. The highest BCUT2D eigenvalue weighted by Gasteiger charge is 2.45. The molecule has 0 aliphatic carbocycles. The zero-order chi connectivity index (χ0) is 26.8. The lowest BCUT2D eigenvalue weighted by Crippen LogP contribution is -2.65. The lowest BCUT2D eigenvalue weighted by atomic mass is 9.92. The molecule has 10 heteroatoms. The summed E-state index contributed by atoms with van der Waals surface area (Å²) in [7, 11) is 1.53. The number of benzene rings is 1. The second kappa shape index (κ2) is 14.3. The third-order valence-electron chi connectivity index (χ3n) is 6.22. The number of carbonyl (C=O) groups excluding carboxylic acids is 3. The molecule has 1 aromatic rings. The van der Waals surface area contributed by atoms with Crippen molar-refractivity contribution in [2.45, 2.75) is 77.6 Å². The fraction of sp³-hybridized carbons (Fsp3) is 0.654. The highest BCUT2D eigenvalue weighted by atomic mass is 16.7. The summed E-state index contributed by atoms with van der Waals surface area (Å²) in [4.78, 5) is 35.5. The van der Waals surface area contributed by atoms with Crippen LogP contribution >= 0.6 is 0 Å². The number of amides is 2. The Balaban J connectivity index is 1.96. The van der Waals surface area contributed by atoms with Gasteiger partial charge in [0, 0.05) is 25.5 Å². The van der Waals surface area contributed by atoms with Gasteiger partial charge in [0.05, 0.1) is 13.7 Å². The van der Waals surface area contributed by atoms with Gasteiger partial charge in [0.15, 0.2) is 6.29 Å². The second-order valence-electron chi connectivity index (χ2n) is 9.70. The van der Waals surface area contributed by atoms with E-state index in [1.54, 1.807) is 31.2 Å². The number of ether oxygens (including phenoxy) is 3. The standard InChI is InChI=1S/C26H40N2O8/c1-15(12-16(2)13-17(3)29)10-11-35-26-22(28-18(4)30)24(32)23(31)21(36-26)14-27-25(33)19-6-8-20(34-5)9-7-19/h6-9,15-16,21-24,26,31-32H,10-14H2,1-5H3,(H,27,33)(H,28,30)/t15?,16?,21?,22?,23-,24?,26-/m1/s1. The molecule has 5 unspecified atom stereocenters. The summed E-state index contributed by atoms with van der Waals surface area (Å²) in [6, 6.07) is 5.57. The first kappa shape index (κ1) is 29.7. The van der Waals surface area contributed by atoms with Crippen molar-refractivity contribution in [1.29, 1.82) is 0 Å². The minimum atomic E-state index is -1.36. The number of aliphatic hydroxyl groups is 2. The highest BCUT2D eigenvalue weighted by Crippen LogP contribution is 2.24. The van der Waals surface area contributed by atoms with Gasteiger partial charge in [0.25, 0.3) is 5.91 Å². The summed E-state index contributed by atoms with van der Waals surface area (Å²) in [6.07, 6.45) is -2.59. The minimum absolute atomic E-state index is 0.0747. The summed E-state index contributed by atoms with van der Waals surface area (Å²) in [5.74, 6) is 0.562. The molecule has 1 aromatic carbocycles. The number of aliphatic hydroxyl groups excluding tert-OH is 2. The Morgan fingerprint density at radius 2 is 1.72 bits per heavy atom. The van der Waals surface area contributed by atoms with E-state index in [0.29, 0.717) is 30.8 Å². The molecular weight excluding hydrogens is 468 g/mol. The van der Waals surface area contributed by atoms with Gasteiger partial charge in [-0.3, -0.25) is 9.59 Å². The third kappa shape index (κ3) is 9.16. The molecule has 1 saturated heterocycles. The number of Topliss-reactive ketones (excluding diaryl/α,β-unsaturated/α-hetero) is 1. The fourth-order valence-corrected chi connectivity index (χ4v) is 4.43. The van der Waals surface area contributed by atoms with Gasteiger partial charge in [-0.1, -0.05) is 13.8 Å². The van der Waals surface area contributed by atoms with Crippen LogP contribution in [0.1, 0.15) is 57.3 Å². The maximum Gasteiger partial charge on any atom is 0.251 e. The van der Waals surface area contributed by atoms with Crippen LogP contribution in [-0.4, -0.2) is 78.7 Å². The average Bonchev–Trinajstić information content (AvgIpc) is 2.81. The van der Waals surface area contributed by atoms with Gasteiger partial charge in [-0.25, -0.2) is 0 Å². The van der Waals surface area contributed by atoms with Crippen molar-refractivity contribution in [2.24, 2.45) is 11.8 Å². The summed E-state index contributed by atoms with van der Waals surface area (Å²) >= 11 is 0. The lowest BCUT2D eigenvalue weighted by Gasteiger charge is -2.42. The van der Waals surface area contributed by atoms with Crippen LogP contribution in [0.4, 0.5) is 0 Å². The molecule has 2 amide bonds. The zero-order valence-corrected chi connectivity index (χ0v) is 21.7. The van der Waals surface area contributed by atoms with Crippen molar-refractivity contribution in [3.05, 3.63) is 29.8 Å². The van der Waals surface area contributed by atoms with Gasteiger partial charge in [0.2, 0.25) is 5.91 Å². The number of methoxy groups -OCH3 is 1. The van der Waals surface area contributed by atoms with E-state index in [1.165, 1.54) is 14.0 Å². The summed E-state index contributed by atoms with van der Waals surface area (Å²) in [5, 5.41) is 26.6. The van der Waals surface area contributed by atoms with Crippen molar-refractivity contribution < 1.29 is 38.8 Å². The Morgan fingerprint density at radius 3 is 2.31 bits per heavy atom. The summed E-state index contributed by atoms with van der Waals surface area (Å²) in [5.41, 5.74) is 0.401. The molecule has 2 rings (SSSR count). The molecule has 0 aromatic heterocycles. The SMILES string of the molecule is COc1ccc(C(=O)NCC2O[C@@H](OCCC(C)CC(C)CC(C)=O)C(NC(C)=O)C(O)[C@@H]2O)cc1. The predicted molar refractivity (Wildman–Crippen MR) is 132 cm³/mol. The summed E-state index contributed by atoms with van der Waals surface area (Å²) in [6.45, 7) is 7.22. The largest absolute Gasteiger partial charge is 0.497 e. The normalized spacial score (nSPS) is 25.5. The number of carbonyl (C=O) groups is 3. The number of hydrogen-bond donors (Lipinski definition) is 4. The van der Waals surface area contributed by atoms with Crippen molar-refractivity contribution in [3.8, 4) is 5.75 Å². The van der Waals surface area contributed by atoms with Gasteiger partial charge < -0.3 is 39.9 Å². The van der Waals surface area contributed by atoms with Gasteiger partial charge in [-0.2, -0.15) is 0 Å². The van der Waals surface area contributed by atoms with E-state index in [0.717, 1.165) is 6.42 Å². The van der Waals surface area contributed by atoms with E-state index < -0.39 is 36.6 Å². The second-order valence-corrected chi connectivity index (χ2v) is 9.70. The van der Waals surface area contributed by atoms with Crippen LogP contribution in [0.25, 0.3) is 0 Å². The Labute approximate surface area is 212 Å². The van der Waals surface area contributed by atoms with Crippen molar-refractivity contribution >= 4 is 17.6 Å². The third-order valence-corrected chi connectivity index (χ3v) is 6.22. The Morgan fingerprint density at radius 1 is 1.06 bits per heavy atom. The molecule has 1 heterocycles. The molecule has 7 atom stereocenters. The van der Waals surface area contributed by atoms with E-state index in [4.69, 9.17) is 14.2 Å². The van der Waals surface area contributed by atoms with Crippen LogP contribution in [0.3, 0.4) is 0 Å². The summed E-state index contributed by atoms with van der Waals surface area (Å²) < 4.78 is 16.9. The van der Waals surface area contributed by atoms with E-state index in [2.05, 4.69) is 17.6 Å². The molecule has 36 heavy (non-hydrogen) atoms. The van der Waals surface area contributed by atoms with Crippen LogP contribution in [-0.2, 0) is 19.1 Å². The van der Waals surface area contributed by atoms with Gasteiger partial charge >= 0.3 is 0 Å². The quantitative estimate of drug-likeness (QED) is 0.313. The molecule has 4 N–H and O–H groups in total. The molecule has 1 aliphatic heterocycles. The fourth-order valence-electron chi connectivity index (χ4n) is 4.43. The molecule has 202 valence electrons.